The maximum atomic E-state index is 4.56. The molecule has 3 aromatic heterocycles. The summed E-state index contributed by atoms with van der Waals surface area (Å²) < 4.78 is 1.85. The average molecular weight is 250 g/mol. The van der Waals surface area contributed by atoms with E-state index in [1.165, 1.54) is 4.88 Å². The maximum absolute atomic E-state index is 4.56. The summed E-state index contributed by atoms with van der Waals surface area (Å²) in [6, 6.07) is 4.11. The molecule has 0 fully saturated rings. The Morgan fingerprint density at radius 1 is 1.31 bits per heavy atom. The van der Waals surface area contributed by atoms with E-state index in [0.29, 0.717) is 5.92 Å². The van der Waals surface area contributed by atoms with Gasteiger partial charge in [-0.2, -0.15) is 9.61 Å². The third-order valence-electron chi connectivity index (χ3n) is 2.26. The fourth-order valence-electron chi connectivity index (χ4n) is 1.49. The zero-order chi connectivity index (χ0) is 11.1. The van der Waals surface area contributed by atoms with Crippen molar-refractivity contribution in [3.8, 4) is 9.88 Å². The van der Waals surface area contributed by atoms with Gasteiger partial charge in [-0.1, -0.05) is 31.3 Å². The zero-order valence-corrected chi connectivity index (χ0v) is 10.5. The zero-order valence-electron chi connectivity index (χ0n) is 8.91. The minimum atomic E-state index is 0.341. The minimum Gasteiger partial charge on any atom is -0.187 e. The number of rotatable bonds is 2. The van der Waals surface area contributed by atoms with Crippen LogP contribution in [-0.2, 0) is 0 Å². The van der Waals surface area contributed by atoms with Gasteiger partial charge in [0.05, 0.1) is 4.88 Å². The second-order valence-electron chi connectivity index (χ2n) is 3.79. The van der Waals surface area contributed by atoms with Crippen molar-refractivity contribution < 1.29 is 0 Å². The molecule has 0 spiro atoms. The number of hydrogen-bond acceptors (Lipinski definition) is 5. The second kappa shape index (κ2) is 3.64. The van der Waals surface area contributed by atoms with Crippen LogP contribution in [0.3, 0.4) is 0 Å². The smallest absolute Gasteiger partial charge is 0.187 e. The van der Waals surface area contributed by atoms with Crippen molar-refractivity contribution in [2.75, 3.05) is 0 Å². The van der Waals surface area contributed by atoms with Crippen LogP contribution in [0.25, 0.3) is 14.8 Å². The van der Waals surface area contributed by atoms with E-state index in [9.17, 15) is 0 Å². The van der Waals surface area contributed by atoms with Gasteiger partial charge in [0, 0.05) is 5.92 Å². The highest BCUT2D eigenvalue weighted by Crippen LogP contribution is 2.29. The van der Waals surface area contributed by atoms with E-state index >= 15 is 0 Å². The number of hydrogen-bond donors (Lipinski definition) is 0. The lowest BCUT2D eigenvalue weighted by molar-refractivity contribution is 0.727. The predicted octanol–water partition coefficient (Wildman–Crippen LogP) is 3.04. The number of fused-ring (bicyclic) bond motifs is 1. The fourth-order valence-corrected chi connectivity index (χ4v) is 3.13. The molecule has 0 bridgehead atoms. The van der Waals surface area contributed by atoms with Crippen LogP contribution in [-0.4, -0.2) is 19.8 Å². The Bertz CT molecular complexity index is 606. The highest BCUT2D eigenvalue weighted by molar-refractivity contribution is 7.23. The van der Waals surface area contributed by atoms with Crippen molar-refractivity contribution in [2.45, 2.75) is 19.8 Å². The number of nitrogens with zero attached hydrogens (tertiary/aromatic N) is 4. The van der Waals surface area contributed by atoms with E-state index in [-0.39, 0.29) is 0 Å². The van der Waals surface area contributed by atoms with Crippen molar-refractivity contribution in [2.24, 2.45) is 0 Å². The van der Waals surface area contributed by atoms with Crippen molar-refractivity contribution in [3.63, 3.8) is 0 Å². The van der Waals surface area contributed by atoms with Gasteiger partial charge in [-0.3, -0.25) is 0 Å². The van der Waals surface area contributed by atoms with Crippen LogP contribution in [0.4, 0.5) is 0 Å². The first-order valence-corrected chi connectivity index (χ1v) is 6.71. The van der Waals surface area contributed by atoms with Crippen LogP contribution in [0.1, 0.15) is 25.6 Å². The van der Waals surface area contributed by atoms with E-state index in [2.05, 4.69) is 40.6 Å². The molecule has 0 amide bonds. The van der Waals surface area contributed by atoms with Gasteiger partial charge in [0.25, 0.3) is 0 Å². The van der Waals surface area contributed by atoms with E-state index < -0.39 is 0 Å². The Morgan fingerprint density at radius 2 is 2.19 bits per heavy atom. The van der Waals surface area contributed by atoms with Gasteiger partial charge in [0.15, 0.2) is 10.8 Å². The molecule has 0 radical (unpaired) electrons. The molecule has 0 aromatic carbocycles. The molecule has 0 saturated carbocycles. The molecule has 0 aliphatic heterocycles. The lowest BCUT2D eigenvalue weighted by Crippen LogP contribution is -1.97. The van der Waals surface area contributed by atoms with Gasteiger partial charge in [-0.05, 0) is 11.4 Å². The normalized spacial score (nSPS) is 11.7. The molecular weight excluding hydrogens is 240 g/mol. The quantitative estimate of drug-likeness (QED) is 0.702. The van der Waals surface area contributed by atoms with Gasteiger partial charge >= 0.3 is 0 Å². The van der Waals surface area contributed by atoms with Gasteiger partial charge < -0.3 is 0 Å². The highest BCUT2D eigenvalue weighted by Gasteiger charge is 2.15. The fraction of sp³-hybridized carbons (Fsp3) is 0.300. The topological polar surface area (TPSA) is 43.1 Å². The van der Waals surface area contributed by atoms with Crippen LogP contribution in [0.2, 0.25) is 0 Å². The van der Waals surface area contributed by atoms with Crippen LogP contribution in [0.5, 0.6) is 0 Å². The lowest BCUT2D eigenvalue weighted by atomic mass is 10.2. The molecule has 0 aliphatic rings. The summed E-state index contributed by atoms with van der Waals surface area (Å²) in [5.74, 6) is 1.27. The first-order chi connectivity index (χ1) is 7.75. The number of thiophene rings is 1. The SMILES string of the molecule is CC(C)c1nnc2sc(-c3cccs3)nn12. The van der Waals surface area contributed by atoms with Crippen LogP contribution in [0.15, 0.2) is 17.5 Å². The molecule has 3 rings (SSSR count). The molecule has 0 aliphatic carbocycles. The van der Waals surface area contributed by atoms with E-state index in [1.54, 1.807) is 22.7 Å². The molecule has 3 aromatic rings. The average Bonchev–Trinajstić information content (AvgIpc) is 2.92. The first kappa shape index (κ1) is 9.92. The van der Waals surface area contributed by atoms with Crippen LogP contribution >= 0.6 is 22.7 Å². The second-order valence-corrected chi connectivity index (χ2v) is 5.70. The monoisotopic (exact) mass is 250 g/mol. The first-order valence-electron chi connectivity index (χ1n) is 5.01. The Morgan fingerprint density at radius 3 is 2.88 bits per heavy atom. The predicted molar refractivity (Wildman–Crippen MR) is 66.1 cm³/mol. The Balaban J connectivity index is 2.17. The standard InChI is InChI=1S/C10H10N4S2/c1-6(2)8-11-12-10-14(8)13-9(16-10)7-4-3-5-15-7/h3-6H,1-2H3. The van der Waals surface area contributed by atoms with Crippen LogP contribution in [0, 0.1) is 0 Å². The third kappa shape index (κ3) is 1.45. The summed E-state index contributed by atoms with van der Waals surface area (Å²) in [5.41, 5.74) is 0. The summed E-state index contributed by atoms with van der Waals surface area (Å²) in [5, 5.41) is 15.9. The minimum absolute atomic E-state index is 0.341. The summed E-state index contributed by atoms with van der Waals surface area (Å²) in [4.78, 5) is 2.05. The Hall–Kier alpha value is -1.27. The summed E-state index contributed by atoms with van der Waals surface area (Å²) in [6.45, 7) is 4.20. The Kier molecular flexibility index (Phi) is 2.26. The molecule has 16 heavy (non-hydrogen) atoms. The van der Waals surface area contributed by atoms with Crippen molar-refractivity contribution in [1.29, 1.82) is 0 Å². The van der Waals surface area contributed by atoms with E-state index in [1.807, 2.05) is 10.6 Å². The molecule has 0 unspecified atom stereocenters. The van der Waals surface area contributed by atoms with Crippen molar-refractivity contribution >= 4 is 27.6 Å². The molecule has 0 N–H and O–H groups in total. The molecule has 82 valence electrons. The number of aromatic nitrogens is 4. The van der Waals surface area contributed by atoms with Gasteiger partial charge in [0.1, 0.15) is 0 Å². The molecular formula is C10H10N4S2. The van der Waals surface area contributed by atoms with E-state index in [4.69, 9.17) is 0 Å². The molecule has 0 atom stereocenters. The summed E-state index contributed by atoms with van der Waals surface area (Å²) in [6.07, 6.45) is 0. The van der Waals surface area contributed by atoms with Crippen molar-refractivity contribution in [1.82, 2.24) is 19.8 Å². The molecule has 3 heterocycles. The lowest BCUT2D eigenvalue weighted by Gasteiger charge is -1.97. The molecule has 4 nitrogen and oxygen atoms in total. The Labute approximate surface area is 101 Å². The highest BCUT2D eigenvalue weighted by atomic mass is 32.1. The van der Waals surface area contributed by atoms with Crippen LogP contribution < -0.4 is 0 Å². The maximum Gasteiger partial charge on any atom is 0.235 e. The van der Waals surface area contributed by atoms with Crippen molar-refractivity contribution in [3.05, 3.63) is 23.3 Å². The molecule has 6 heteroatoms. The van der Waals surface area contributed by atoms with E-state index in [0.717, 1.165) is 15.8 Å². The summed E-state index contributed by atoms with van der Waals surface area (Å²) >= 11 is 3.28. The van der Waals surface area contributed by atoms with Gasteiger partial charge in [-0.25, -0.2) is 0 Å². The third-order valence-corrected chi connectivity index (χ3v) is 4.20. The van der Waals surface area contributed by atoms with Gasteiger partial charge in [0.2, 0.25) is 4.96 Å². The largest absolute Gasteiger partial charge is 0.235 e. The summed E-state index contributed by atoms with van der Waals surface area (Å²) in [7, 11) is 0. The molecule has 0 saturated heterocycles. The van der Waals surface area contributed by atoms with Gasteiger partial charge in [-0.15, -0.1) is 21.5 Å².